The van der Waals surface area contributed by atoms with Gasteiger partial charge in [-0.25, -0.2) is 0 Å². The predicted octanol–water partition coefficient (Wildman–Crippen LogP) is 2.54. The molecule has 0 aliphatic carbocycles. The molecule has 0 unspecified atom stereocenters. The van der Waals surface area contributed by atoms with E-state index in [1.807, 2.05) is 18.2 Å². The first-order valence-corrected chi connectivity index (χ1v) is 5.68. The molecule has 1 aromatic heterocycles. The third-order valence-corrected chi connectivity index (χ3v) is 2.87. The van der Waals surface area contributed by atoms with E-state index in [9.17, 15) is 0 Å². The third-order valence-electron chi connectivity index (χ3n) is 1.90. The van der Waals surface area contributed by atoms with Crippen molar-refractivity contribution in [2.45, 2.75) is 17.6 Å². The van der Waals surface area contributed by atoms with Gasteiger partial charge in [0.2, 0.25) is 5.89 Å². The molecule has 0 aliphatic rings. The molecule has 16 heavy (non-hydrogen) atoms. The fourth-order valence-electron chi connectivity index (χ4n) is 1.20. The highest BCUT2D eigenvalue weighted by Gasteiger charge is 2.03. The van der Waals surface area contributed by atoms with Crippen LogP contribution >= 0.6 is 11.8 Å². The van der Waals surface area contributed by atoms with Crippen molar-refractivity contribution in [2.24, 2.45) is 0 Å². The maximum atomic E-state index is 8.75. The van der Waals surface area contributed by atoms with Crippen LogP contribution in [0.1, 0.15) is 17.3 Å². The summed E-state index contributed by atoms with van der Waals surface area (Å²) in [5.41, 5.74) is 0.659. The zero-order valence-corrected chi connectivity index (χ0v) is 9.49. The molecule has 5 heteroatoms. The highest BCUT2D eigenvalue weighted by molar-refractivity contribution is 7.98. The van der Waals surface area contributed by atoms with E-state index < -0.39 is 0 Å². The fourth-order valence-corrected chi connectivity index (χ4v) is 1.99. The van der Waals surface area contributed by atoms with Crippen LogP contribution in [-0.4, -0.2) is 10.1 Å². The van der Waals surface area contributed by atoms with Crippen molar-refractivity contribution in [3.05, 3.63) is 41.5 Å². The molecule has 0 N–H and O–H groups in total. The average molecular weight is 231 g/mol. The number of aryl methyl sites for hydroxylation is 1. The number of hydrogen-bond donors (Lipinski definition) is 0. The van der Waals surface area contributed by atoms with Crippen molar-refractivity contribution in [1.29, 1.82) is 5.26 Å². The Bertz CT molecular complexity index is 530. The zero-order chi connectivity index (χ0) is 11.4. The van der Waals surface area contributed by atoms with Gasteiger partial charge in [-0.1, -0.05) is 11.2 Å². The zero-order valence-electron chi connectivity index (χ0n) is 8.67. The lowest BCUT2D eigenvalue weighted by Gasteiger charge is -1.97. The van der Waals surface area contributed by atoms with Gasteiger partial charge in [-0.05, 0) is 25.1 Å². The van der Waals surface area contributed by atoms with Crippen molar-refractivity contribution < 1.29 is 4.52 Å². The first-order chi connectivity index (χ1) is 7.78. The molecule has 80 valence electrons. The number of rotatable bonds is 3. The molecule has 0 amide bonds. The minimum atomic E-state index is 0.602. The second-order valence-corrected chi connectivity index (χ2v) is 4.21. The van der Waals surface area contributed by atoms with Gasteiger partial charge in [0.15, 0.2) is 5.82 Å². The monoisotopic (exact) mass is 231 g/mol. The minimum absolute atomic E-state index is 0.602. The van der Waals surface area contributed by atoms with E-state index in [4.69, 9.17) is 9.78 Å². The van der Waals surface area contributed by atoms with E-state index in [1.54, 1.807) is 24.8 Å². The Morgan fingerprint density at radius 3 is 3.06 bits per heavy atom. The number of benzene rings is 1. The summed E-state index contributed by atoms with van der Waals surface area (Å²) in [5, 5.41) is 12.5. The van der Waals surface area contributed by atoms with E-state index in [0.29, 0.717) is 23.0 Å². The van der Waals surface area contributed by atoms with Crippen LogP contribution in [-0.2, 0) is 5.75 Å². The van der Waals surface area contributed by atoms with Crippen LogP contribution in [0.4, 0.5) is 0 Å². The number of aromatic nitrogens is 2. The van der Waals surface area contributed by atoms with Gasteiger partial charge >= 0.3 is 0 Å². The lowest BCUT2D eigenvalue weighted by molar-refractivity contribution is 0.387. The van der Waals surface area contributed by atoms with Crippen LogP contribution in [0, 0.1) is 18.3 Å². The van der Waals surface area contributed by atoms with E-state index in [2.05, 4.69) is 16.2 Å². The van der Waals surface area contributed by atoms with Gasteiger partial charge in [0, 0.05) is 4.90 Å². The van der Waals surface area contributed by atoms with Crippen molar-refractivity contribution >= 4 is 11.8 Å². The molecule has 0 spiro atoms. The Labute approximate surface area is 97.3 Å². The summed E-state index contributed by atoms with van der Waals surface area (Å²) in [4.78, 5) is 5.13. The van der Waals surface area contributed by atoms with E-state index in [0.717, 1.165) is 4.90 Å². The number of nitriles is 1. The topological polar surface area (TPSA) is 62.7 Å². The summed E-state index contributed by atoms with van der Waals surface area (Å²) < 4.78 is 5.00. The average Bonchev–Trinajstić information content (AvgIpc) is 2.73. The molecular formula is C11H9N3OS. The Morgan fingerprint density at radius 2 is 2.38 bits per heavy atom. The van der Waals surface area contributed by atoms with Crippen LogP contribution in [0.2, 0.25) is 0 Å². The molecule has 1 aromatic carbocycles. The van der Waals surface area contributed by atoms with Gasteiger partial charge in [0.1, 0.15) is 0 Å². The van der Waals surface area contributed by atoms with Crippen LogP contribution in [0.15, 0.2) is 33.7 Å². The molecule has 0 fully saturated rings. The molecule has 0 saturated carbocycles. The van der Waals surface area contributed by atoms with Gasteiger partial charge in [0.25, 0.3) is 0 Å². The second-order valence-electron chi connectivity index (χ2n) is 3.16. The number of thioether (sulfide) groups is 1. The highest BCUT2D eigenvalue weighted by atomic mass is 32.2. The first-order valence-electron chi connectivity index (χ1n) is 4.70. The summed E-state index contributed by atoms with van der Waals surface area (Å²) in [6.07, 6.45) is 0. The summed E-state index contributed by atoms with van der Waals surface area (Å²) in [6, 6.07) is 9.54. The van der Waals surface area contributed by atoms with Crippen LogP contribution in [0.25, 0.3) is 0 Å². The van der Waals surface area contributed by atoms with Crippen molar-refractivity contribution in [3.63, 3.8) is 0 Å². The Morgan fingerprint density at radius 1 is 1.50 bits per heavy atom. The normalized spacial score (nSPS) is 10.0. The largest absolute Gasteiger partial charge is 0.338 e. The maximum absolute atomic E-state index is 8.75. The van der Waals surface area contributed by atoms with Crippen molar-refractivity contribution in [2.75, 3.05) is 0 Å². The fraction of sp³-hybridized carbons (Fsp3) is 0.182. The molecule has 2 rings (SSSR count). The van der Waals surface area contributed by atoms with Gasteiger partial charge in [0.05, 0.1) is 17.4 Å². The Balaban J connectivity index is 2.02. The summed E-state index contributed by atoms with van der Waals surface area (Å²) in [5.74, 6) is 1.86. The van der Waals surface area contributed by atoms with Gasteiger partial charge in [-0.2, -0.15) is 10.2 Å². The van der Waals surface area contributed by atoms with Gasteiger partial charge in [-0.15, -0.1) is 11.8 Å². The maximum Gasteiger partial charge on any atom is 0.236 e. The number of hydrogen-bond acceptors (Lipinski definition) is 5. The third kappa shape index (κ3) is 2.61. The molecule has 1 heterocycles. The van der Waals surface area contributed by atoms with Crippen molar-refractivity contribution in [3.8, 4) is 6.07 Å². The lowest BCUT2D eigenvalue weighted by Crippen LogP contribution is -1.81. The molecule has 0 saturated heterocycles. The first kappa shape index (κ1) is 10.7. The van der Waals surface area contributed by atoms with Gasteiger partial charge in [-0.3, -0.25) is 0 Å². The van der Waals surface area contributed by atoms with Crippen LogP contribution in [0.5, 0.6) is 0 Å². The van der Waals surface area contributed by atoms with E-state index >= 15 is 0 Å². The Hall–Kier alpha value is -1.80. The SMILES string of the molecule is Cc1noc(CSc2cccc(C#N)c2)n1. The highest BCUT2D eigenvalue weighted by Crippen LogP contribution is 2.22. The van der Waals surface area contributed by atoms with Crippen molar-refractivity contribution in [1.82, 2.24) is 10.1 Å². The molecule has 0 atom stereocenters. The lowest BCUT2D eigenvalue weighted by atomic mass is 10.2. The molecule has 2 aromatic rings. The Kier molecular flexibility index (Phi) is 3.22. The quantitative estimate of drug-likeness (QED) is 0.759. The molecular weight excluding hydrogens is 222 g/mol. The van der Waals surface area contributed by atoms with Crippen LogP contribution < -0.4 is 0 Å². The predicted molar refractivity (Wildman–Crippen MR) is 59.8 cm³/mol. The minimum Gasteiger partial charge on any atom is -0.338 e. The summed E-state index contributed by atoms with van der Waals surface area (Å²) in [6.45, 7) is 1.79. The van der Waals surface area contributed by atoms with E-state index in [-0.39, 0.29) is 0 Å². The summed E-state index contributed by atoms with van der Waals surface area (Å²) in [7, 11) is 0. The molecule has 0 aliphatic heterocycles. The van der Waals surface area contributed by atoms with Crippen LogP contribution in [0.3, 0.4) is 0 Å². The van der Waals surface area contributed by atoms with Gasteiger partial charge < -0.3 is 4.52 Å². The second kappa shape index (κ2) is 4.81. The standard InChI is InChI=1S/C11H9N3OS/c1-8-13-11(15-14-8)7-16-10-4-2-3-9(5-10)6-12/h2-5H,7H2,1H3. The van der Waals surface area contributed by atoms with E-state index in [1.165, 1.54) is 0 Å². The molecule has 0 radical (unpaired) electrons. The molecule has 0 bridgehead atoms. The summed E-state index contributed by atoms with van der Waals surface area (Å²) >= 11 is 1.57. The smallest absolute Gasteiger partial charge is 0.236 e. The number of nitrogens with zero attached hydrogens (tertiary/aromatic N) is 3. The molecule has 4 nitrogen and oxygen atoms in total.